The number of nitrogens with one attached hydrogen (secondary N) is 1. The number of hydrogen-bond donors (Lipinski definition) is 2. The number of esters is 1. The number of nitrogen functional groups attached to an aromatic ring is 1. The molecule has 0 spiro atoms. The minimum Gasteiger partial charge on any atom is -0.465 e. The van der Waals surface area contributed by atoms with Gasteiger partial charge in [-0.3, -0.25) is 0 Å². The maximum absolute atomic E-state index is 12.3. The first-order valence-electron chi connectivity index (χ1n) is 6.04. The maximum Gasteiger partial charge on any atom is 0.339 e. The molecule has 7 heteroatoms. The van der Waals surface area contributed by atoms with Gasteiger partial charge in [0, 0.05) is 12.2 Å². The molecule has 1 aromatic carbocycles. The molecule has 0 fully saturated rings. The number of rotatable bonds is 4. The van der Waals surface area contributed by atoms with Crippen LogP contribution in [0.15, 0.2) is 23.1 Å². The van der Waals surface area contributed by atoms with E-state index in [4.69, 9.17) is 5.73 Å². The Labute approximate surface area is 119 Å². The summed E-state index contributed by atoms with van der Waals surface area (Å²) in [7, 11) is -2.64. The fraction of sp³-hybridized carbons (Fsp3) is 0.462. The molecule has 0 aliphatic heterocycles. The molecule has 112 valence electrons. The quantitative estimate of drug-likeness (QED) is 0.646. The van der Waals surface area contributed by atoms with Crippen LogP contribution >= 0.6 is 0 Å². The second-order valence-corrected chi connectivity index (χ2v) is 7.37. The van der Waals surface area contributed by atoms with Crippen LogP contribution in [-0.4, -0.2) is 28.0 Å². The zero-order valence-corrected chi connectivity index (χ0v) is 12.9. The lowest BCUT2D eigenvalue weighted by Crippen LogP contribution is -2.33. The Morgan fingerprint density at radius 1 is 1.35 bits per heavy atom. The van der Waals surface area contributed by atoms with E-state index in [1.807, 2.05) is 20.8 Å². The van der Waals surface area contributed by atoms with Crippen molar-refractivity contribution in [2.75, 3.05) is 19.4 Å². The molecule has 1 aromatic rings. The molecule has 6 nitrogen and oxygen atoms in total. The summed E-state index contributed by atoms with van der Waals surface area (Å²) in [5.41, 5.74) is 5.60. The molecule has 1 rings (SSSR count). The second kappa shape index (κ2) is 5.80. The van der Waals surface area contributed by atoms with Crippen molar-refractivity contribution in [1.29, 1.82) is 0 Å². The van der Waals surface area contributed by atoms with Crippen molar-refractivity contribution in [2.45, 2.75) is 25.7 Å². The Hall–Kier alpha value is -1.60. The summed E-state index contributed by atoms with van der Waals surface area (Å²) in [6.07, 6.45) is 0. The highest BCUT2D eigenvalue weighted by Gasteiger charge is 2.25. The summed E-state index contributed by atoms with van der Waals surface area (Å²) >= 11 is 0. The van der Waals surface area contributed by atoms with Crippen LogP contribution in [0.1, 0.15) is 31.1 Å². The molecule has 0 heterocycles. The van der Waals surface area contributed by atoms with Crippen molar-refractivity contribution in [2.24, 2.45) is 5.41 Å². The fourth-order valence-electron chi connectivity index (χ4n) is 1.43. The molecule has 3 N–H and O–H groups in total. The van der Waals surface area contributed by atoms with Crippen molar-refractivity contribution in [1.82, 2.24) is 4.72 Å². The van der Waals surface area contributed by atoms with Crippen LogP contribution in [0.3, 0.4) is 0 Å². The standard InChI is InChI=1S/C13H20N2O4S/c1-13(2,3)8-15-20(17,18)11-7-9(14)5-6-10(11)12(16)19-4/h5-7,15H,8,14H2,1-4H3. The molecule has 0 bridgehead atoms. The Balaban J connectivity index is 3.23. The van der Waals surface area contributed by atoms with E-state index in [1.165, 1.54) is 25.3 Å². The zero-order chi connectivity index (χ0) is 15.6. The van der Waals surface area contributed by atoms with Gasteiger partial charge in [0.25, 0.3) is 0 Å². The molecule has 0 radical (unpaired) electrons. The highest BCUT2D eigenvalue weighted by atomic mass is 32.2. The van der Waals surface area contributed by atoms with Gasteiger partial charge in [0.15, 0.2) is 0 Å². The van der Waals surface area contributed by atoms with Crippen molar-refractivity contribution in [3.8, 4) is 0 Å². The van der Waals surface area contributed by atoms with Crippen molar-refractivity contribution in [3.63, 3.8) is 0 Å². The van der Waals surface area contributed by atoms with Gasteiger partial charge in [-0.2, -0.15) is 0 Å². The SMILES string of the molecule is COC(=O)c1ccc(N)cc1S(=O)(=O)NCC(C)(C)C. The fourth-order valence-corrected chi connectivity index (χ4v) is 2.94. The maximum atomic E-state index is 12.3. The van der Waals surface area contributed by atoms with Gasteiger partial charge < -0.3 is 10.5 Å². The van der Waals surface area contributed by atoms with E-state index in [2.05, 4.69) is 9.46 Å². The van der Waals surface area contributed by atoms with Gasteiger partial charge in [-0.1, -0.05) is 20.8 Å². The average Bonchev–Trinajstić information content (AvgIpc) is 2.35. The first-order chi connectivity index (χ1) is 9.07. The van der Waals surface area contributed by atoms with Crippen LogP contribution in [0, 0.1) is 5.41 Å². The van der Waals surface area contributed by atoms with Gasteiger partial charge in [0.05, 0.1) is 17.6 Å². The molecule has 0 amide bonds. The molecule has 20 heavy (non-hydrogen) atoms. The summed E-state index contributed by atoms with van der Waals surface area (Å²) in [4.78, 5) is 11.5. The lowest BCUT2D eigenvalue weighted by molar-refractivity contribution is 0.0596. The van der Waals surface area contributed by atoms with Crippen molar-refractivity contribution in [3.05, 3.63) is 23.8 Å². The van der Waals surface area contributed by atoms with E-state index >= 15 is 0 Å². The van der Waals surface area contributed by atoms with E-state index in [0.717, 1.165) is 0 Å². The lowest BCUT2D eigenvalue weighted by atomic mass is 9.98. The Morgan fingerprint density at radius 3 is 2.45 bits per heavy atom. The molecule has 0 unspecified atom stereocenters. The number of ether oxygens (including phenoxy) is 1. The minimum atomic E-state index is -3.83. The highest BCUT2D eigenvalue weighted by Crippen LogP contribution is 2.21. The number of carbonyl (C=O) groups is 1. The molecule has 0 atom stereocenters. The van der Waals surface area contributed by atoms with E-state index < -0.39 is 16.0 Å². The number of nitrogens with two attached hydrogens (primary N) is 1. The number of sulfonamides is 1. The van der Waals surface area contributed by atoms with Crippen molar-refractivity contribution >= 4 is 21.7 Å². The highest BCUT2D eigenvalue weighted by molar-refractivity contribution is 7.89. The summed E-state index contributed by atoms with van der Waals surface area (Å²) < 4.78 is 31.7. The largest absolute Gasteiger partial charge is 0.465 e. The van der Waals surface area contributed by atoms with E-state index in [9.17, 15) is 13.2 Å². The normalized spacial score (nSPS) is 12.2. The number of methoxy groups -OCH3 is 1. The minimum absolute atomic E-state index is 0.0388. The first kappa shape index (κ1) is 16.5. The molecular formula is C13H20N2O4S. The topological polar surface area (TPSA) is 98.5 Å². The molecule has 0 aliphatic rings. The van der Waals surface area contributed by atoms with Gasteiger partial charge in [0.2, 0.25) is 10.0 Å². The summed E-state index contributed by atoms with van der Waals surface area (Å²) in [5, 5.41) is 0. The first-order valence-corrected chi connectivity index (χ1v) is 7.53. The second-order valence-electron chi connectivity index (χ2n) is 5.63. The third-order valence-electron chi connectivity index (χ3n) is 2.49. The number of benzene rings is 1. The summed E-state index contributed by atoms with van der Waals surface area (Å²) in [5.74, 6) is -0.721. The Kier molecular flexibility index (Phi) is 4.77. The van der Waals surface area contributed by atoms with E-state index in [-0.39, 0.29) is 28.1 Å². The van der Waals surface area contributed by atoms with Crippen LogP contribution in [-0.2, 0) is 14.8 Å². The lowest BCUT2D eigenvalue weighted by Gasteiger charge is -2.19. The van der Waals surface area contributed by atoms with Gasteiger partial charge >= 0.3 is 5.97 Å². The predicted octanol–water partition coefficient (Wildman–Crippen LogP) is 1.38. The summed E-state index contributed by atoms with van der Waals surface area (Å²) in [6, 6.07) is 4.04. The van der Waals surface area contributed by atoms with E-state index in [0.29, 0.717) is 0 Å². The monoisotopic (exact) mass is 300 g/mol. The van der Waals surface area contributed by atoms with Gasteiger partial charge in [0.1, 0.15) is 0 Å². The van der Waals surface area contributed by atoms with Gasteiger partial charge in [-0.05, 0) is 23.6 Å². The van der Waals surface area contributed by atoms with Crippen molar-refractivity contribution < 1.29 is 17.9 Å². The zero-order valence-electron chi connectivity index (χ0n) is 12.1. The summed E-state index contributed by atoms with van der Waals surface area (Å²) in [6.45, 7) is 5.94. The van der Waals surface area contributed by atoms with Crippen LogP contribution in [0.25, 0.3) is 0 Å². The van der Waals surface area contributed by atoms with E-state index in [1.54, 1.807) is 0 Å². The molecule has 0 aliphatic carbocycles. The molecule has 0 saturated heterocycles. The van der Waals surface area contributed by atoms with Crippen LogP contribution in [0.2, 0.25) is 0 Å². The average molecular weight is 300 g/mol. The number of anilines is 1. The van der Waals surface area contributed by atoms with Crippen LogP contribution in [0.4, 0.5) is 5.69 Å². The molecular weight excluding hydrogens is 280 g/mol. The number of carbonyl (C=O) groups excluding carboxylic acids is 1. The van der Waals surface area contributed by atoms with Gasteiger partial charge in [-0.15, -0.1) is 0 Å². The van der Waals surface area contributed by atoms with Crippen LogP contribution in [0.5, 0.6) is 0 Å². The van der Waals surface area contributed by atoms with Crippen LogP contribution < -0.4 is 10.5 Å². The third kappa shape index (κ3) is 4.21. The smallest absolute Gasteiger partial charge is 0.339 e. The number of hydrogen-bond acceptors (Lipinski definition) is 5. The molecule has 0 aromatic heterocycles. The third-order valence-corrected chi connectivity index (χ3v) is 3.93. The predicted molar refractivity (Wildman–Crippen MR) is 76.8 cm³/mol. The van der Waals surface area contributed by atoms with Gasteiger partial charge in [-0.25, -0.2) is 17.9 Å². The Morgan fingerprint density at radius 2 is 1.95 bits per heavy atom. The molecule has 0 saturated carbocycles. The Bertz CT molecular complexity index is 603.